The molecule has 0 saturated carbocycles. The minimum absolute atomic E-state index is 0.451. The lowest BCUT2D eigenvalue weighted by atomic mass is 9.75. The second-order valence-electron chi connectivity index (χ2n) is 3.92. The van der Waals surface area contributed by atoms with Crippen LogP contribution < -0.4 is 10.2 Å². The summed E-state index contributed by atoms with van der Waals surface area (Å²) >= 11 is 0. The molecule has 0 radical (unpaired) electrons. The van der Waals surface area contributed by atoms with Crippen LogP contribution in [-0.2, 0) is 0 Å². The number of hydrogen-bond acceptors (Lipinski definition) is 3. The molecule has 0 aromatic heterocycles. The third-order valence-electron chi connectivity index (χ3n) is 2.70. The first-order chi connectivity index (χ1) is 8.72. The standard InChI is InChI=1S/C14H15BO3/c1-2-18-12-8-9-13(14(10-12)15(16)17)11-6-4-3-5-7-11/h3-10,16-17H,2H2,1H3. The van der Waals surface area contributed by atoms with Crippen LogP contribution in [0.1, 0.15) is 6.92 Å². The summed E-state index contributed by atoms with van der Waals surface area (Å²) in [7, 11) is -1.51. The van der Waals surface area contributed by atoms with E-state index in [-0.39, 0.29) is 0 Å². The molecule has 0 spiro atoms. The highest BCUT2D eigenvalue weighted by atomic mass is 16.5. The van der Waals surface area contributed by atoms with Crippen LogP contribution >= 0.6 is 0 Å². The lowest BCUT2D eigenvalue weighted by Gasteiger charge is -2.11. The molecule has 0 amide bonds. The van der Waals surface area contributed by atoms with Gasteiger partial charge in [-0.25, -0.2) is 0 Å². The lowest BCUT2D eigenvalue weighted by Crippen LogP contribution is -2.31. The van der Waals surface area contributed by atoms with Crippen LogP contribution in [0.3, 0.4) is 0 Å². The number of rotatable bonds is 4. The quantitative estimate of drug-likeness (QED) is 0.797. The fraction of sp³-hybridized carbons (Fsp3) is 0.143. The molecule has 2 N–H and O–H groups in total. The molecule has 0 fully saturated rings. The van der Waals surface area contributed by atoms with Gasteiger partial charge in [0.25, 0.3) is 0 Å². The molecule has 2 aromatic carbocycles. The van der Waals surface area contributed by atoms with Crippen LogP contribution in [0.15, 0.2) is 48.5 Å². The first-order valence-electron chi connectivity index (χ1n) is 5.90. The van der Waals surface area contributed by atoms with Gasteiger partial charge in [-0.15, -0.1) is 0 Å². The average molecular weight is 242 g/mol. The molecule has 3 nitrogen and oxygen atoms in total. The molecule has 2 aromatic rings. The summed E-state index contributed by atoms with van der Waals surface area (Å²) in [4.78, 5) is 0. The van der Waals surface area contributed by atoms with Crippen molar-refractivity contribution in [1.82, 2.24) is 0 Å². The molecule has 4 heteroatoms. The monoisotopic (exact) mass is 242 g/mol. The van der Waals surface area contributed by atoms with E-state index in [4.69, 9.17) is 4.74 Å². The van der Waals surface area contributed by atoms with Crippen LogP contribution in [0, 0.1) is 0 Å². The van der Waals surface area contributed by atoms with Crippen molar-refractivity contribution in [2.75, 3.05) is 6.61 Å². The highest BCUT2D eigenvalue weighted by molar-refractivity contribution is 6.60. The second kappa shape index (κ2) is 5.71. The molecule has 0 unspecified atom stereocenters. The maximum Gasteiger partial charge on any atom is 0.489 e. The number of benzene rings is 2. The smallest absolute Gasteiger partial charge is 0.489 e. The molecule has 0 bridgehead atoms. The number of hydrogen-bond donors (Lipinski definition) is 2. The van der Waals surface area contributed by atoms with Gasteiger partial charge in [-0.05, 0) is 35.6 Å². The molecule has 0 aliphatic heterocycles. The molecule has 92 valence electrons. The van der Waals surface area contributed by atoms with Crippen molar-refractivity contribution in [1.29, 1.82) is 0 Å². The van der Waals surface area contributed by atoms with Crippen LogP contribution in [-0.4, -0.2) is 23.8 Å². The summed E-state index contributed by atoms with van der Waals surface area (Å²) in [5.74, 6) is 0.639. The molecule has 0 saturated heterocycles. The topological polar surface area (TPSA) is 49.7 Å². The van der Waals surface area contributed by atoms with E-state index in [1.54, 1.807) is 6.07 Å². The molecule has 18 heavy (non-hydrogen) atoms. The van der Waals surface area contributed by atoms with Crippen molar-refractivity contribution in [3.63, 3.8) is 0 Å². The van der Waals surface area contributed by atoms with Crippen molar-refractivity contribution in [2.45, 2.75) is 6.92 Å². The molecular formula is C14H15BO3. The van der Waals surface area contributed by atoms with Crippen LogP contribution in [0.4, 0.5) is 0 Å². The van der Waals surface area contributed by atoms with Crippen LogP contribution in [0.5, 0.6) is 5.75 Å². The first-order valence-corrected chi connectivity index (χ1v) is 5.90. The summed E-state index contributed by atoms with van der Waals surface area (Å²) in [6.07, 6.45) is 0. The van der Waals surface area contributed by atoms with E-state index in [2.05, 4.69) is 0 Å². The Balaban J connectivity index is 2.47. The highest BCUT2D eigenvalue weighted by Crippen LogP contribution is 2.20. The average Bonchev–Trinajstić information content (AvgIpc) is 2.40. The predicted molar refractivity (Wildman–Crippen MR) is 72.9 cm³/mol. The summed E-state index contributed by atoms with van der Waals surface area (Å²) in [5.41, 5.74) is 2.20. The zero-order valence-electron chi connectivity index (χ0n) is 10.2. The fourth-order valence-electron chi connectivity index (χ4n) is 1.89. The third kappa shape index (κ3) is 2.72. The minimum Gasteiger partial charge on any atom is -0.494 e. The van der Waals surface area contributed by atoms with E-state index >= 15 is 0 Å². The normalized spacial score (nSPS) is 10.2. The maximum absolute atomic E-state index is 9.46. The van der Waals surface area contributed by atoms with Crippen molar-refractivity contribution < 1.29 is 14.8 Å². The Kier molecular flexibility index (Phi) is 4.02. The Labute approximate surface area is 107 Å². The molecule has 0 atom stereocenters. The van der Waals surface area contributed by atoms with Gasteiger partial charge in [0.15, 0.2) is 0 Å². The van der Waals surface area contributed by atoms with Crippen LogP contribution in [0.25, 0.3) is 11.1 Å². The highest BCUT2D eigenvalue weighted by Gasteiger charge is 2.17. The van der Waals surface area contributed by atoms with Gasteiger partial charge < -0.3 is 14.8 Å². The summed E-state index contributed by atoms with van der Waals surface area (Å²) in [6, 6.07) is 15.0. The zero-order chi connectivity index (χ0) is 13.0. The summed E-state index contributed by atoms with van der Waals surface area (Å²) < 4.78 is 5.37. The van der Waals surface area contributed by atoms with Gasteiger partial charge in [0.1, 0.15) is 5.75 Å². The Morgan fingerprint density at radius 1 is 1.06 bits per heavy atom. The SMILES string of the molecule is CCOc1ccc(-c2ccccc2)c(B(O)O)c1. The van der Waals surface area contributed by atoms with E-state index in [9.17, 15) is 10.0 Å². The third-order valence-corrected chi connectivity index (χ3v) is 2.70. The minimum atomic E-state index is -1.51. The molecule has 0 aliphatic rings. The predicted octanol–water partition coefficient (Wildman–Crippen LogP) is 1.43. The van der Waals surface area contributed by atoms with Gasteiger partial charge in [-0.2, -0.15) is 0 Å². The molecule has 0 heterocycles. The Morgan fingerprint density at radius 2 is 1.78 bits per heavy atom. The van der Waals surface area contributed by atoms with E-state index < -0.39 is 7.12 Å². The van der Waals surface area contributed by atoms with E-state index in [0.29, 0.717) is 17.8 Å². The van der Waals surface area contributed by atoms with Gasteiger partial charge in [0.2, 0.25) is 0 Å². The van der Waals surface area contributed by atoms with Crippen LogP contribution in [0.2, 0.25) is 0 Å². The summed E-state index contributed by atoms with van der Waals surface area (Å²) in [5, 5.41) is 18.9. The zero-order valence-corrected chi connectivity index (χ0v) is 10.2. The van der Waals surface area contributed by atoms with Crippen molar-refractivity contribution in [2.24, 2.45) is 0 Å². The van der Waals surface area contributed by atoms with Gasteiger partial charge >= 0.3 is 7.12 Å². The Bertz CT molecular complexity index is 512. The molecule has 0 aliphatic carbocycles. The van der Waals surface area contributed by atoms with Crippen molar-refractivity contribution in [3.8, 4) is 16.9 Å². The van der Waals surface area contributed by atoms with Gasteiger partial charge in [-0.3, -0.25) is 0 Å². The second-order valence-corrected chi connectivity index (χ2v) is 3.92. The van der Waals surface area contributed by atoms with Crippen molar-refractivity contribution in [3.05, 3.63) is 48.5 Å². The maximum atomic E-state index is 9.46. The van der Waals surface area contributed by atoms with E-state index in [0.717, 1.165) is 11.1 Å². The van der Waals surface area contributed by atoms with E-state index in [1.807, 2.05) is 49.4 Å². The van der Waals surface area contributed by atoms with Gasteiger partial charge in [0, 0.05) is 0 Å². The van der Waals surface area contributed by atoms with Gasteiger partial charge in [0.05, 0.1) is 6.61 Å². The number of ether oxygens (including phenoxy) is 1. The largest absolute Gasteiger partial charge is 0.494 e. The van der Waals surface area contributed by atoms with E-state index in [1.165, 1.54) is 0 Å². The Morgan fingerprint density at radius 3 is 2.39 bits per heavy atom. The van der Waals surface area contributed by atoms with Crippen molar-refractivity contribution >= 4 is 12.6 Å². The van der Waals surface area contributed by atoms with Gasteiger partial charge in [-0.1, -0.05) is 36.4 Å². The Hall–Kier alpha value is -1.78. The molecule has 2 rings (SSSR count). The fourth-order valence-corrected chi connectivity index (χ4v) is 1.89. The first kappa shape index (κ1) is 12.7. The molecular weight excluding hydrogens is 227 g/mol. The summed E-state index contributed by atoms with van der Waals surface area (Å²) in [6.45, 7) is 2.44. The lowest BCUT2D eigenvalue weighted by molar-refractivity contribution is 0.340.